The van der Waals surface area contributed by atoms with E-state index in [1.165, 1.54) is 5.69 Å². The van der Waals surface area contributed by atoms with Gasteiger partial charge in [-0.15, -0.1) is 0 Å². The average Bonchev–Trinajstić information content (AvgIpc) is 3.34. The Labute approximate surface area is 176 Å². The van der Waals surface area contributed by atoms with Crippen molar-refractivity contribution in [3.05, 3.63) is 35.5 Å². The minimum absolute atomic E-state index is 0.0677. The van der Waals surface area contributed by atoms with Gasteiger partial charge in [-0.3, -0.25) is 4.68 Å². The van der Waals surface area contributed by atoms with Gasteiger partial charge in [0, 0.05) is 51.9 Å². The molecule has 29 heavy (non-hydrogen) atoms. The summed E-state index contributed by atoms with van der Waals surface area (Å²) < 4.78 is 12.2. The molecule has 2 aromatic heterocycles. The number of aromatic nitrogens is 3. The fraction of sp³-hybridized carbons (Fsp3) is 0.714. The zero-order valence-corrected chi connectivity index (χ0v) is 19.6. The summed E-state index contributed by atoms with van der Waals surface area (Å²) in [5.41, 5.74) is 2.25. The highest BCUT2D eigenvalue weighted by molar-refractivity contribution is 5.04. The molecule has 1 saturated heterocycles. The van der Waals surface area contributed by atoms with E-state index >= 15 is 0 Å². The SMILES string of the molecule is CC.CC1(C)CNCCO1.CCc1cc(CNC)no1.CNCc1ccnn1C. The predicted molar refractivity (Wildman–Crippen MR) is 119 cm³/mol. The van der Waals surface area contributed by atoms with Gasteiger partial charge in [0.2, 0.25) is 0 Å². The smallest absolute Gasteiger partial charge is 0.136 e. The molecule has 0 bridgehead atoms. The van der Waals surface area contributed by atoms with Crippen LogP contribution in [0.25, 0.3) is 0 Å². The van der Waals surface area contributed by atoms with Crippen LogP contribution < -0.4 is 16.0 Å². The van der Waals surface area contributed by atoms with E-state index in [1.807, 2.05) is 58.7 Å². The van der Waals surface area contributed by atoms with Gasteiger partial charge < -0.3 is 25.2 Å². The molecule has 3 rings (SSSR count). The summed E-state index contributed by atoms with van der Waals surface area (Å²) in [5, 5.41) is 17.2. The third-order valence-corrected chi connectivity index (χ3v) is 3.92. The highest BCUT2D eigenvalue weighted by Gasteiger charge is 2.20. The lowest BCUT2D eigenvalue weighted by molar-refractivity contribution is -0.0384. The number of morpholine rings is 1. The second-order valence-corrected chi connectivity index (χ2v) is 6.93. The van der Waals surface area contributed by atoms with Crippen LogP contribution in [0.15, 0.2) is 22.9 Å². The standard InChI is InChI=1S/C7H12N2O.C6H11N3.C6H13NO.C2H6/c1-3-7-4-6(5-8-2)9-10-7;1-7-5-6-3-4-8-9(6)2;1-6(2)5-7-3-4-8-6;1-2/h4,8H,3,5H2,1-2H3;3-4,7H,5H2,1-2H3;7H,3-5H2,1-2H3;1-2H3. The minimum Gasteiger partial charge on any atom is -0.373 e. The number of nitrogens with one attached hydrogen (secondary N) is 3. The fourth-order valence-corrected chi connectivity index (χ4v) is 2.38. The molecule has 0 saturated carbocycles. The van der Waals surface area contributed by atoms with Crippen LogP contribution in [0.1, 0.15) is 51.8 Å². The molecule has 0 aliphatic carbocycles. The first-order chi connectivity index (χ1) is 13.9. The van der Waals surface area contributed by atoms with Gasteiger partial charge in [-0.2, -0.15) is 5.10 Å². The second kappa shape index (κ2) is 16.1. The Kier molecular flexibility index (Phi) is 15.1. The highest BCUT2D eigenvalue weighted by atomic mass is 16.5. The van der Waals surface area contributed by atoms with Crippen molar-refractivity contribution >= 4 is 0 Å². The lowest BCUT2D eigenvalue weighted by atomic mass is 10.1. The molecular weight excluding hydrogens is 368 g/mol. The van der Waals surface area contributed by atoms with Crippen molar-refractivity contribution in [1.82, 2.24) is 30.9 Å². The van der Waals surface area contributed by atoms with Gasteiger partial charge in [0.1, 0.15) is 5.76 Å². The van der Waals surface area contributed by atoms with E-state index in [2.05, 4.69) is 40.1 Å². The molecule has 0 aromatic carbocycles. The lowest BCUT2D eigenvalue weighted by Gasteiger charge is -2.30. The summed E-state index contributed by atoms with van der Waals surface area (Å²) in [7, 11) is 5.75. The normalized spacial score (nSPS) is 14.5. The molecule has 168 valence electrons. The topological polar surface area (TPSA) is 89.2 Å². The Hall–Kier alpha value is -1.74. The first kappa shape index (κ1) is 27.3. The van der Waals surface area contributed by atoms with Crippen molar-refractivity contribution < 1.29 is 9.26 Å². The molecule has 1 aliphatic heterocycles. The summed E-state index contributed by atoms with van der Waals surface area (Å²) in [6.45, 7) is 14.7. The van der Waals surface area contributed by atoms with Gasteiger partial charge in [0.05, 0.1) is 23.6 Å². The number of hydrogen-bond acceptors (Lipinski definition) is 7. The number of hydrogen-bond donors (Lipinski definition) is 3. The molecule has 0 atom stereocenters. The number of rotatable bonds is 5. The number of nitrogens with zero attached hydrogens (tertiary/aromatic N) is 3. The van der Waals surface area contributed by atoms with Gasteiger partial charge in [-0.1, -0.05) is 25.9 Å². The summed E-state index contributed by atoms with van der Waals surface area (Å²) in [6, 6.07) is 3.97. The van der Waals surface area contributed by atoms with Crippen molar-refractivity contribution in [3.63, 3.8) is 0 Å². The highest BCUT2D eigenvalue weighted by Crippen LogP contribution is 2.09. The maximum atomic E-state index is 5.40. The predicted octanol–water partition coefficient (Wildman–Crippen LogP) is 2.51. The van der Waals surface area contributed by atoms with E-state index in [4.69, 9.17) is 9.26 Å². The van der Waals surface area contributed by atoms with Crippen LogP contribution in [0, 0.1) is 0 Å². The average molecular weight is 411 g/mol. The Morgan fingerprint density at radius 3 is 2.28 bits per heavy atom. The molecule has 0 radical (unpaired) electrons. The molecule has 0 unspecified atom stereocenters. The molecule has 1 aliphatic rings. The fourth-order valence-electron chi connectivity index (χ4n) is 2.38. The van der Waals surface area contributed by atoms with E-state index in [1.54, 1.807) is 6.20 Å². The number of aryl methyl sites for hydroxylation is 2. The maximum Gasteiger partial charge on any atom is 0.136 e. The van der Waals surface area contributed by atoms with Crippen molar-refractivity contribution in [1.29, 1.82) is 0 Å². The van der Waals surface area contributed by atoms with Gasteiger partial charge in [-0.25, -0.2) is 0 Å². The zero-order valence-electron chi connectivity index (χ0n) is 19.6. The Bertz CT molecular complexity index is 616. The maximum absolute atomic E-state index is 5.40. The molecule has 2 aromatic rings. The van der Waals surface area contributed by atoms with Crippen LogP contribution in [-0.4, -0.2) is 54.3 Å². The van der Waals surface area contributed by atoms with Crippen LogP contribution in [0.4, 0.5) is 0 Å². The lowest BCUT2D eigenvalue weighted by Crippen LogP contribution is -2.45. The molecule has 3 N–H and O–H groups in total. The zero-order chi connectivity index (χ0) is 22.1. The van der Waals surface area contributed by atoms with Crippen LogP contribution in [0.2, 0.25) is 0 Å². The van der Waals surface area contributed by atoms with Crippen molar-refractivity contribution in [2.75, 3.05) is 33.8 Å². The van der Waals surface area contributed by atoms with Crippen LogP contribution in [0.3, 0.4) is 0 Å². The van der Waals surface area contributed by atoms with E-state index in [9.17, 15) is 0 Å². The molecule has 8 heteroatoms. The van der Waals surface area contributed by atoms with Gasteiger partial charge in [-0.05, 0) is 34.0 Å². The third-order valence-electron chi connectivity index (χ3n) is 3.92. The van der Waals surface area contributed by atoms with E-state index in [-0.39, 0.29) is 5.60 Å². The monoisotopic (exact) mass is 410 g/mol. The molecule has 0 spiro atoms. The molecular formula is C21H42N6O2. The van der Waals surface area contributed by atoms with E-state index in [0.29, 0.717) is 0 Å². The molecule has 1 fully saturated rings. The summed E-state index contributed by atoms with van der Waals surface area (Å²) in [4.78, 5) is 0. The Morgan fingerprint density at radius 2 is 1.90 bits per heavy atom. The van der Waals surface area contributed by atoms with E-state index < -0.39 is 0 Å². The largest absolute Gasteiger partial charge is 0.373 e. The van der Waals surface area contributed by atoms with Gasteiger partial charge >= 0.3 is 0 Å². The van der Waals surface area contributed by atoms with Crippen LogP contribution >= 0.6 is 0 Å². The number of ether oxygens (including phenoxy) is 1. The minimum atomic E-state index is 0.0677. The summed E-state index contributed by atoms with van der Waals surface area (Å²) in [5.74, 6) is 0.949. The van der Waals surface area contributed by atoms with Crippen LogP contribution in [-0.2, 0) is 31.3 Å². The Balaban J connectivity index is 0.000000390. The molecule has 3 heterocycles. The molecule has 8 nitrogen and oxygen atoms in total. The van der Waals surface area contributed by atoms with Crippen molar-refractivity contribution in [2.24, 2.45) is 7.05 Å². The Morgan fingerprint density at radius 1 is 1.21 bits per heavy atom. The van der Waals surface area contributed by atoms with E-state index in [0.717, 1.165) is 50.7 Å². The van der Waals surface area contributed by atoms with Gasteiger partial charge in [0.15, 0.2) is 0 Å². The quantitative estimate of drug-likeness (QED) is 0.698. The van der Waals surface area contributed by atoms with Crippen molar-refractivity contribution in [3.8, 4) is 0 Å². The summed E-state index contributed by atoms with van der Waals surface area (Å²) in [6.07, 6.45) is 2.71. The molecule has 0 amide bonds. The summed E-state index contributed by atoms with van der Waals surface area (Å²) >= 11 is 0. The van der Waals surface area contributed by atoms with Crippen molar-refractivity contribution in [2.45, 2.75) is 59.7 Å². The van der Waals surface area contributed by atoms with Gasteiger partial charge in [0.25, 0.3) is 0 Å². The van der Waals surface area contributed by atoms with Crippen LogP contribution in [0.5, 0.6) is 0 Å². The second-order valence-electron chi connectivity index (χ2n) is 6.93. The third kappa shape index (κ3) is 12.4. The first-order valence-electron chi connectivity index (χ1n) is 10.5. The first-order valence-corrected chi connectivity index (χ1v) is 10.5.